The minimum absolute atomic E-state index is 0.179. The molecule has 6 heteroatoms. The number of hydrogen-bond acceptors (Lipinski definition) is 1. The maximum atomic E-state index is 13.5. The van der Waals surface area contributed by atoms with Crippen LogP contribution in [-0.4, -0.2) is 0 Å². The summed E-state index contributed by atoms with van der Waals surface area (Å²) in [6.07, 6.45) is -4.50. The molecule has 0 aliphatic heterocycles. The molecule has 2 aromatic carbocycles. The zero-order chi connectivity index (χ0) is 14.8. The number of alkyl halides is 3. The second-order valence-corrected chi connectivity index (χ2v) is 4.61. The predicted octanol–water partition coefficient (Wildman–Crippen LogP) is 5.11. The van der Waals surface area contributed by atoms with Crippen molar-refractivity contribution in [2.24, 2.45) is 0 Å². The van der Waals surface area contributed by atoms with Crippen molar-refractivity contribution in [2.45, 2.75) is 12.7 Å². The average molecular weight is 304 g/mol. The number of benzene rings is 2. The SMILES string of the molecule is Fc1ccc(C(F)(F)F)cc1NCc1cccc(Cl)c1. The summed E-state index contributed by atoms with van der Waals surface area (Å²) in [4.78, 5) is 0. The molecule has 1 N–H and O–H groups in total. The summed E-state index contributed by atoms with van der Waals surface area (Å²) in [5.41, 5.74) is -0.346. The monoisotopic (exact) mass is 303 g/mol. The molecule has 0 aromatic heterocycles. The van der Waals surface area contributed by atoms with Gasteiger partial charge >= 0.3 is 6.18 Å². The molecule has 0 fully saturated rings. The first-order chi connectivity index (χ1) is 9.36. The quantitative estimate of drug-likeness (QED) is 0.777. The lowest BCUT2D eigenvalue weighted by molar-refractivity contribution is -0.137. The standard InChI is InChI=1S/C14H10ClF4N/c15-11-3-1-2-9(6-11)8-20-13-7-10(14(17,18)19)4-5-12(13)16/h1-7,20H,8H2. The van der Waals surface area contributed by atoms with Gasteiger partial charge in [0.1, 0.15) is 5.82 Å². The summed E-state index contributed by atoms with van der Waals surface area (Å²) >= 11 is 5.79. The molecule has 2 rings (SSSR count). The van der Waals surface area contributed by atoms with Crippen LogP contribution < -0.4 is 5.32 Å². The van der Waals surface area contributed by atoms with Gasteiger partial charge in [-0.2, -0.15) is 13.2 Å². The van der Waals surface area contributed by atoms with E-state index in [2.05, 4.69) is 5.32 Å². The van der Waals surface area contributed by atoms with Crippen LogP contribution in [0.25, 0.3) is 0 Å². The zero-order valence-corrected chi connectivity index (χ0v) is 10.9. The zero-order valence-electron chi connectivity index (χ0n) is 10.1. The second-order valence-electron chi connectivity index (χ2n) is 4.18. The number of nitrogens with one attached hydrogen (secondary N) is 1. The molecule has 0 amide bonds. The first-order valence-corrected chi connectivity index (χ1v) is 6.09. The van der Waals surface area contributed by atoms with E-state index in [9.17, 15) is 17.6 Å². The van der Waals surface area contributed by atoms with Crippen LogP contribution in [-0.2, 0) is 12.7 Å². The fourth-order valence-electron chi connectivity index (χ4n) is 1.68. The lowest BCUT2D eigenvalue weighted by Gasteiger charge is -2.12. The first kappa shape index (κ1) is 14.7. The highest BCUT2D eigenvalue weighted by atomic mass is 35.5. The fraction of sp³-hybridized carbons (Fsp3) is 0.143. The van der Waals surface area contributed by atoms with Gasteiger partial charge in [0.15, 0.2) is 0 Å². The Morgan fingerprint density at radius 3 is 2.45 bits per heavy atom. The molecule has 0 aliphatic rings. The Morgan fingerprint density at radius 2 is 1.80 bits per heavy atom. The predicted molar refractivity (Wildman–Crippen MR) is 70.2 cm³/mol. The number of hydrogen-bond donors (Lipinski definition) is 1. The topological polar surface area (TPSA) is 12.0 Å². The van der Waals surface area contributed by atoms with Gasteiger partial charge < -0.3 is 5.32 Å². The molecular formula is C14H10ClF4N. The van der Waals surface area contributed by atoms with Crippen molar-refractivity contribution in [2.75, 3.05) is 5.32 Å². The Kier molecular flexibility index (Phi) is 4.18. The van der Waals surface area contributed by atoms with E-state index in [4.69, 9.17) is 11.6 Å². The van der Waals surface area contributed by atoms with Crippen LogP contribution >= 0.6 is 11.6 Å². The van der Waals surface area contributed by atoms with Crippen molar-refractivity contribution in [3.8, 4) is 0 Å². The molecule has 0 atom stereocenters. The molecule has 0 unspecified atom stereocenters. The van der Waals surface area contributed by atoms with E-state index in [0.717, 1.165) is 17.7 Å². The molecule has 1 nitrogen and oxygen atoms in total. The molecule has 0 radical (unpaired) electrons. The summed E-state index contributed by atoms with van der Waals surface area (Å²) in [7, 11) is 0. The van der Waals surface area contributed by atoms with E-state index < -0.39 is 17.6 Å². The summed E-state index contributed by atoms with van der Waals surface area (Å²) < 4.78 is 51.1. The number of rotatable bonds is 3. The van der Waals surface area contributed by atoms with Gasteiger partial charge in [-0.1, -0.05) is 23.7 Å². The van der Waals surface area contributed by atoms with Crippen LogP contribution in [0.3, 0.4) is 0 Å². The minimum atomic E-state index is -4.50. The van der Waals surface area contributed by atoms with Gasteiger partial charge in [0.2, 0.25) is 0 Å². The molecule has 0 spiro atoms. The molecule has 0 heterocycles. The maximum Gasteiger partial charge on any atom is 0.416 e. The third-order valence-electron chi connectivity index (χ3n) is 2.67. The van der Waals surface area contributed by atoms with Gasteiger partial charge in [0.05, 0.1) is 11.3 Å². The van der Waals surface area contributed by atoms with Gasteiger partial charge in [-0.15, -0.1) is 0 Å². The van der Waals surface area contributed by atoms with Crippen LogP contribution in [0.15, 0.2) is 42.5 Å². The van der Waals surface area contributed by atoms with Gasteiger partial charge in [-0.3, -0.25) is 0 Å². The number of halogens is 5. The smallest absolute Gasteiger partial charge is 0.379 e. The minimum Gasteiger partial charge on any atom is -0.379 e. The molecule has 20 heavy (non-hydrogen) atoms. The third kappa shape index (κ3) is 3.63. The van der Waals surface area contributed by atoms with Crippen molar-refractivity contribution in [1.29, 1.82) is 0 Å². The Morgan fingerprint density at radius 1 is 1.05 bits per heavy atom. The highest BCUT2D eigenvalue weighted by molar-refractivity contribution is 6.30. The van der Waals surface area contributed by atoms with Crippen molar-refractivity contribution in [1.82, 2.24) is 0 Å². The Balaban J connectivity index is 2.17. The third-order valence-corrected chi connectivity index (χ3v) is 2.90. The van der Waals surface area contributed by atoms with Gasteiger partial charge in [0.25, 0.3) is 0 Å². The average Bonchev–Trinajstić information content (AvgIpc) is 2.36. The molecule has 2 aromatic rings. The van der Waals surface area contributed by atoms with Crippen molar-refractivity contribution < 1.29 is 17.6 Å². The van der Waals surface area contributed by atoms with Crippen molar-refractivity contribution >= 4 is 17.3 Å². The highest BCUT2D eigenvalue weighted by Crippen LogP contribution is 2.31. The van der Waals surface area contributed by atoms with Crippen molar-refractivity contribution in [3.63, 3.8) is 0 Å². The van der Waals surface area contributed by atoms with Crippen LogP contribution in [0.2, 0.25) is 5.02 Å². The lowest BCUT2D eigenvalue weighted by atomic mass is 10.1. The molecule has 0 saturated carbocycles. The van der Waals surface area contributed by atoms with E-state index in [1.165, 1.54) is 0 Å². The lowest BCUT2D eigenvalue weighted by Crippen LogP contribution is -2.08. The van der Waals surface area contributed by atoms with Crippen LogP contribution in [0.4, 0.5) is 23.2 Å². The Labute approximate surface area is 118 Å². The Bertz CT molecular complexity index is 610. The van der Waals surface area contributed by atoms with Crippen molar-refractivity contribution in [3.05, 3.63) is 64.4 Å². The van der Waals surface area contributed by atoms with E-state index in [1.54, 1.807) is 24.3 Å². The number of anilines is 1. The molecule has 0 saturated heterocycles. The normalized spacial score (nSPS) is 11.4. The summed E-state index contributed by atoms with van der Waals surface area (Å²) in [5, 5.41) is 3.14. The molecule has 0 aliphatic carbocycles. The highest BCUT2D eigenvalue weighted by Gasteiger charge is 2.31. The fourth-order valence-corrected chi connectivity index (χ4v) is 1.89. The van der Waals surface area contributed by atoms with Crippen LogP contribution in [0.1, 0.15) is 11.1 Å². The van der Waals surface area contributed by atoms with E-state index in [1.807, 2.05) is 0 Å². The van der Waals surface area contributed by atoms with E-state index in [0.29, 0.717) is 11.1 Å². The summed E-state index contributed by atoms with van der Waals surface area (Å²) in [5.74, 6) is -0.736. The van der Waals surface area contributed by atoms with Gasteiger partial charge in [0, 0.05) is 11.6 Å². The summed E-state index contributed by atoms with van der Waals surface area (Å²) in [6.45, 7) is 0.179. The largest absolute Gasteiger partial charge is 0.416 e. The van der Waals surface area contributed by atoms with E-state index >= 15 is 0 Å². The van der Waals surface area contributed by atoms with Crippen LogP contribution in [0.5, 0.6) is 0 Å². The first-order valence-electron chi connectivity index (χ1n) is 5.71. The van der Waals surface area contributed by atoms with Crippen LogP contribution in [0, 0.1) is 5.82 Å². The van der Waals surface area contributed by atoms with Gasteiger partial charge in [-0.05, 0) is 35.9 Å². The summed E-state index contributed by atoms with van der Waals surface area (Å²) in [6, 6.07) is 9.03. The second kappa shape index (κ2) is 5.71. The molecule has 106 valence electrons. The van der Waals surface area contributed by atoms with E-state index in [-0.39, 0.29) is 12.2 Å². The Hall–Kier alpha value is -1.75. The molecule has 0 bridgehead atoms. The molecular weight excluding hydrogens is 294 g/mol. The maximum absolute atomic E-state index is 13.5. The van der Waals surface area contributed by atoms with Gasteiger partial charge in [-0.25, -0.2) is 4.39 Å².